The highest BCUT2D eigenvalue weighted by Crippen LogP contribution is 2.10. The maximum absolute atomic E-state index is 9.39. The van der Waals surface area contributed by atoms with E-state index in [0.29, 0.717) is 5.75 Å². The molecule has 0 saturated heterocycles. The third kappa shape index (κ3) is 7.62. The molecule has 0 saturated carbocycles. The van der Waals surface area contributed by atoms with E-state index in [1.165, 1.54) is 36.8 Å². The zero-order valence-corrected chi connectivity index (χ0v) is 14.7. The molecule has 0 aliphatic rings. The standard InChI is InChI=1S/C19H25NO.BrH/c21-19-12-7-11-18(16-19)13-15-20-14-6-2-5-10-17-8-3-1-4-9-17;/h1,3-4,7-9,11-12,16,20-21H,2,5-6,10,13-15H2;1H. The second kappa shape index (κ2) is 11.3. The first kappa shape index (κ1) is 18.7. The SMILES string of the molecule is Br.Oc1cccc(CCNCCCCCc2ccccc2)c1. The summed E-state index contributed by atoms with van der Waals surface area (Å²) in [6, 6.07) is 18.2. The van der Waals surface area contributed by atoms with E-state index in [0.717, 1.165) is 19.5 Å². The van der Waals surface area contributed by atoms with Crippen molar-refractivity contribution in [1.82, 2.24) is 5.32 Å². The Morgan fingerprint density at radius 1 is 0.727 bits per heavy atom. The smallest absolute Gasteiger partial charge is 0.115 e. The topological polar surface area (TPSA) is 32.3 Å². The summed E-state index contributed by atoms with van der Waals surface area (Å²) in [6.45, 7) is 2.05. The number of aryl methyl sites for hydroxylation is 1. The van der Waals surface area contributed by atoms with E-state index in [4.69, 9.17) is 0 Å². The highest BCUT2D eigenvalue weighted by atomic mass is 79.9. The second-order valence-corrected chi connectivity index (χ2v) is 5.47. The van der Waals surface area contributed by atoms with Crippen LogP contribution < -0.4 is 5.32 Å². The molecule has 0 amide bonds. The third-order valence-electron chi connectivity index (χ3n) is 3.66. The van der Waals surface area contributed by atoms with E-state index in [2.05, 4.69) is 41.7 Å². The largest absolute Gasteiger partial charge is 0.508 e. The van der Waals surface area contributed by atoms with Crippen LogP contribution in [0.5, 0.6) is 5.75 Å². The number of halogens is 1. The highest BCUT2D eigenvalue weighted by molar-refractivity contribution is 8.93. The number of rotatable bonds is 9. The molecule has 0 atom stereocenters. The zero-order valence-electron chi connectivity index (χ0n) is 13.0. The van der Waals surface area contributed by atoms with Crippen molar-refractivity contribution in [2.45, 2.75) is 32.1 Å². The van der Waals surface area contributed by atoms with Crippen molar-refractivity contribution >= 4 is 17.0 Å². The number of phenolic OH excluding ortho intramolecular Hbond substituents is 1. The Hall–Kier alpha value is -1.32. The lowest BCUT2D eigenvalue weighted by molar-refractivity contribution is 0.474. The van der Waals surface area contributed by atoms with Gasteiger partial charge in [-0.2, -0.15) is 0 Å². The number of benzene rings is 2. The summed E-state index contributed by atoms with van der Waals surface area (Å²) in [7, 11) is 0. The van der Waals surface area contributed by atoms with Gasteiger partial charge in [0.2, 0.25) is 0 Å². The molecule has 120 valence electrons. The predicted octanol–water partition coefficient (Wildman–Crippen LogP) is 4.52. The van der Waals surface area contributed by atoms with Crippen LogP contribution in [0, 0.1) is 0 Å². The normalized spacial score (nSPS) is 10.2. The minimum atomic E-state index is 0. The van der Waals surface area contributed by atoms with Gasteiger partial charge in [-0.3, -0.25) is 0 Å². The summed E-state index contributed by atoms with van der Waals surface area (Å²) in [5, 5.41) is 12.9. The van der Waals surface area contributed by atoms with Crippen LogP contribution in [0.25, 0.3) is 0 Å². The van der Waals surface area contributed by atoms with Gasteiger partial charge in [0.1, 0.15) is 5.75 Å². The fraction of sp³-hybridized carbons (Fsp3) is 0.368. The van der Waals surface area contributed by atoms with E-state index in [9.17, 15) is 5.11 Å². The van der Waals surface area contributed by atoms with E-state index < -0.39 is 0 Å². The summed E-state index contributed by atoms with van der Waals surface area (Å²) >= 11 is 0. The molecule has 0 radical (unpaired) electrons. The van der Waals surface area contributed by atoms with Gasteiger partial charge in [0.15, 0.2) is 0 Å². The van der Waals surface area contributed by atoms with Gasteiger partial charge in [0, 0.05) is 0 Å². The monoisotopic (exact) mass is 363 g/mol. The third-order valence-corrected chi connectivity index (χ3v) is 3.66. The number of aromatic hydroxyl groups is 1. The fourth-order valence-electron chi connectivity index (χ4n) is 2.47. The maximum Gasteiger partial charge on any atom is 0.115 e. The van der Waals surface area contributed by atoms with Gasteiger partial charge in [-0.15, -0.1) is 17.0 Å². The number of hydrogen-bond donors (Lipinski definition) is 2. The maximum atomic E-state index is 9.39. The molecule has 2 N–H and O–H groups in total. The van der Waals surface area contributed by atoms with Crippen LogP contribution in [-0.4, -0.2) is 18.2 Å². The molecule has 0 heterocycles. The minimum absolute atomic E-state index is 0. The fourth-order valence-corrected chi connectivity index (χ4v) is 2.47. The first-order valence-corrected chi connectivity index (χ1v) is 7.87. The van der Waals surface area contributed by atoms with Crippen molar-refractivity contribution < 1.29 is 5.11 Å². The molecule has 3 heteroatoms. The van der Waals surface area contributed by atoms with Crippen LogP contribution in [0.2, 0.25) is 0 Å². The van der Waals surface area contributed by atoms with Gasteiger partial charge < -0.3 is 10.4 Å². The predicted molar refractivity (Wildman–Crippen MR) is 99.0 cm³/mol. The summed E-state index contributed by atoms with van der Waals surface area (Å²) < 4.78 is 0. The second-order valence-electron chi connectivity index (χ2n) is 5.47. The molecule has 22 heavy (non-hydrogen) atoms. The van der Waals surface area contributed by atoms with Gasteiger partial charge >= 0.3 is 0 Å². The van der Waals surface area contributed by atoms with Crippen molar-refractivity contribution in [3.05, 3.63) is 65.7 Å². The van der Waals surface area contributed by atoms with Gasteiger partial charge in [0.05, 0.1) is 0 Å². The Kier molecular flexibility index (Phi) is 9.60. The lowest BCUT2D eigenvalue weighted by Crippen LogP contribution is -2.18. The summed E-state index contributed by atoms with van der Waals surface area (Å²) in [4.78, 5) is 0. The van der Waals surface area contributed by atoms with E-state index in [1.54, 1.807) is 6.07 Å². The summed E-state index contributed by atoms with van der Waals surface area (Å²) in [5.74, 6) is 0.355. The van der Waals surface area contributed by atoms with Crippen molar-refractivity contribution in [3.8, 4) is 5.75 Å². The van der Waals surface area contributed by atoms with Crippen molar-refractivity contribution in [3.63, 3.8) is 0 Å². The van der Waals surface area contributed by atoms with Crippen molar-refractivity contribution in [1.29, 1.82) is 0 Å². The van der Waals surface area contributed by atoms with Gasteiger partial charge in [-0.1, -0.05) is 48.9 Å². The molecule has 2 aromatic carbocycles. The molecular weight excluding hydrogens is 338 g/mol. The Morgan fingerprint density at radius 2 is 1.50 bits per heavy atom. The average Bonchev–Trinajstić information content (AvgIpc) is 2.51. The molecule has 0 fully saturated rings. The quantitative estimate of drug-likeness (QED) is 0.642. The van der Waals surface area contributed by atoms with Crippen LogP contribution in [0.4, 0.5) is 0 Å². The summed E-state index contributed by atoms with van der Waals surface area (Å²) in [5.41, 5.74) is 2.63. The van der Waals surface area contributed by atoms with Crippen molar-refractivity contribution in [2.75, 3.05) is 13.1 Å². The average molecular weight is 364 g/mol. The van der Waals surface area contributed by atoms with Gasteiger partial charge in [0.25, 0.3) is 0 Å². The van der Waals surface area contributed by atoms with Crippen LogP contribution >= 0.6 is 17.0 Å². The van der Waals surface area contributed by atoms with E-state index >= 15 is 0 Å². The highest BCUT2D eigenvalue weighted by Gasteiger charge is 1.95. The van der Waals surface area contributed by atoms with Crippen LogP contribution in [0.1, 0.15) is 30.4 Å². The molecule has 0 unspecified atom stereocenters. The Labute approximate surface area is 144 Å². The molecule has 2 nitrogen and oxygen atoms in total. The zero-order chi connectivity index (χ0) is 14.8. The molecule has 0 aliphatic heterocycles. The lowest BCUT2D eigenvalue weighted by atomic mass is 10.1. The Bertz CT molecular complexity index is 516. The first-order chi connectivity index (χ1) is 10.3. The lowest BCUT2D eigenvalue weighted by Gasteiger charge is -2.06. The summed E-state index contributed by atoms with van der Waals surface area (Å²) in [6.07, 6.45) is 5.92. The molecule has 2 aromatic rings. The molecule has 0 spiro atoms. The minimum Gasteiger partial charge on any atom is -0.508 e. The van der Waals surface area contributed by atoms with Crippen LogP contribution in [0.3, 0.4) is 0 Å². The molecule has 0 aromatic heterocycles. The van der Waals surface area contributed by atoms with E-state index in [1.807, 2.05) is 12.1 Å². The molecule has 0 bridgehead atoms. The van der Waals surface area contributed by atoms with Gasteiger partial charge in [-0.25, -0.2) is 0 Å². The molecular formula is C19H26BrNO. The molecule has 2 rings (SSSR count). The van der Waals surface area contributed by atoms with Crippen LogP contribution in [0.15, 0.2) is 54.6 Å². The van der Waals surface area contributed by atoms with Crippen LogP contribution in [-0.2, 0) is 12.8 Å². The number of nitrogens with one attached hydrogen (secondary N) is 1. The Morgan fingerprint density at radius 3 is 2.27 bits per heavy atom. The van der Waals surface area contributed by atoms with E-state index in [-0.39, 0.29) is 17.0 Å². The first-order valence-electron chi connectivity index (χ1n) is 7.87. The number of hydrogen-bond acceptors (Lipinski definition) is 2. The number of unbranched alkanes of at least 4 members (excludes halogenated alkanes) is 2. The number of phenols is 1. The van der Waals surface area contributed by atoms with Crippen molar-refractivity contribution in [2.24, 2.45) is 0 Å². The van der Waals surface area contributed by atoms with Gasteiger partial charge in [-0.05, 0) is 62.0 Å². The Balaban J connectivity index is 0.00000242. The molecule has 0 aliphatic carbocycles.